The molecule has 0 aliphatic rings. The van der Waals surface area contributed by atoms with Gasteiger partial charge in [0, 0.05) is 12.8 Å². The van der Waals surface area contributed by atoms with Crippen molar-refractivity contribution in [3.05, 3.63) is 0 Å². The molecule has 0 aromatic heterocycles. The summed E-state index contributed by atoms with van der Waals surface area (Å²) in [6.45, 7) is 0.547. The predicted octanol–water partition coefficient (Wildman–Crippen LogP) is -1.10. The molecule has 6 nitrogen and oxygen atoms in total. The Kier molecular flexibility index (Phi) is 5.57. The van der Waals surface area contributed by atoms with E-state index in [4.69, 9.17) is 4.55 Å². The van der Waals surface area contributed by atoms with E-state index in [1.54, 1.807) is 0 Å². The molecule has 0 atom stereocenters. The van der Waals surface area contributed by atoms with E-state index in [-0.39, 0.29) is 18.1 Å². The molecular formula is C6H15NO5S2. The summed E-state index contributed by atoms with van der Waals surface area (Å²) < 4.78 is 50.1. The highest BCUT2D eigenvalue weighted by molar-refractivity contribution is 7.90. The average Bonchev–Trinajstić information content (AvgIpc) is 1.92. The number of sulfone groups is 1. The Labute approximate surface area is 84.4 Å². The van der Waals surface area contributed by atoms with Gasteiger partial charge in [-0.05, 0) is 13.0 Å². The van der Waals surface area contributed by atoms with Gasteiger partial charge in [0.15, 0.2) is 0 Å². The van der Waals surface area contributed by atoms with Crippen LogP contribution in [0.4, 0.5) is 0 Å². The van der Waals surface area contributed by atoms with Crippen molar-refractivity contribution in [3.8, 4) is 0 Å². The molecule has 0 aromatic carbocycles. The van der Waals surface area contributed by atoms with Crippen molar-refractivity contribution in [2.45, 2.75) is 6.42 Å². The van der Waals surface area contributed by atoms with E-state index >= 15 is 0 Å². The Morgan fingerprint density at radius 2 is 1.64 bits per heavy atom. The molecule has 14 heavy (non-hydrogen) atoms. The topological polar surface area (TPSA) is 101 Å². The van der Waals surface area contributed by atoms with Gasteiger partial charge in [0.25, 0.3) is 10.1 Å². The highest BCUT2D eigenvalue weighted by Gasteiger charge is 2.03. The summed E-state index contributed by atoms with van der Waals surface area (Å²) in [4.78, 5) is 0. The Morgan fingerprint density at radius 3 is 2.07 bits per heavy atom. The Morgan fingerprint density at radius 1 is 1.07 bits per heavy atom. The van der Waals surface area contributed by atoms with Crippen LogP contribution < -0.4 is 5.32 Å². The Bertz CT molecular complexity index is 308. The van der Waals surface area contributed by atoms with E-state index in [9.17, 15) is 16.8 Å². The van der Waals surface area contributed by atoms with Crippen LogP contribution in [0.1, 0.15) is 6.42 Å². The summed E-state index contributed by atoms with van der Waals surface area (Å²) in [6, 6.07) is 0. The lowest BCUT2D eigenvalue weighted by molar-refractivity contribution is 0.480. The molecule has 0 bridgehead atoms. The third-order valence-corrected chi connectivity index (χ3v) is 3.16. The normalized spacial score (nSPS) is 13.0. The van der Waals surface area contributed by atoms with Gasteiger partial charge >= 0.3 is 0 Å². The van der Waals surface area contributed by atoms with Crippen LogP contribution in [0, 0.1) is 0 Å². The monoisotopic (exact) mass is 245 g/mol. The molecule has 8 heteroatoms. The summed E-state index contributed by atoms with van der Waals surface area (Å²) in [5.74, 6) is -0.280. The van der Waals surface area contributed by atoms with Crippen LogP contribution in [0.3, 0.4) is 0 Å². The molecule has 0 saturated heterocycles. The summed E-state index contributed by atoms with van der Waals surface area (Å²) in [5.41, 5.74) is 0. The molecular weight excluding hydrogens is 230 g/mol. The van der Waals surface area contributed by atoms with Crippen LogP contribution in [0.15, 0.2) is 0 Å². The van der Waals surface area contributed by atoms with Crippen molar-refractivity contribution >= 4 is 20.0 Å². The molecule has 0 heterocycles. The van der Waals surface area contributed by atoms with Crippen LogP contribution in [0.5, 0.6) is 0 Å². The van der Waals surface area contributed by atoms with Crippen molar-refractivity contribution in [1.29, 1.82) is 0 Å². The van der Waals surface area contributed by atoms with Crippen LogP contribution in [-0.2, 0) is 20.0 Å². The second kappa shape index (κ2) is 5.64. The van der Waals surface area contributed by atoms with Crippen LogP contribution in [0.25, 0.3) is 0 Å². The smallest absolute Gasteiger partial charge is 0.266 e. The van der Waals surface area contributed by atoms with Crippen LogP contribution in [0.2, 0.25) is 0 Å². The fourth-order valence-corrected chi connectivity index (χ4v) is 1.86. The third-order valence-electron chi connectivity index (χ3n) is 1.41. The highest BCUT2D eigenvalue weighted by Crippen LogP contribution is 1.87. The van der Waals surface area contributed by atoms with E-state index in [1.807, 2.05) is 0 Å². The zero-order valence-electron chi connectivity index (χ0n) is 7.93. The quantitative estimate of drug-likeness (QED) is 0.436. The molecule has 0 unspecified atom stereocenters. The second-order valence-corrected chi connectivity index (χ2v) is 6.85. The van der Waals surface area contributed by atoms with Crippen LogP contribution in [-0.4, -0.2) is 52.2 Å². The van der Waals surface area contributed by atoms with E-state index in [0.29, 0.717) is 13.0 Å². The van der Waals surface area contributed by atoms with Crippen LogP contribution >= 0.6 is 0 Å². The molecule has 0 aliphatic heterocycles. The zero-order chi connectivity index (χ0) is 11.2. The first-order valence-electron chi connectivity index (χ1n) is 4.04. The minimum absolute atomic E-state index is 0.0753. The highest BCUT2D eigenvalue weighted by atomic mass is 32.2. The van der Waals surface area contributed by atoms with Crippen molar-refractivity contribution in [2.24, 2.45) is 0 Å². The van der Waals surface area contributed by atoms with E-state index < -0.39 is 20.0 Å². The summed E-state index contributed by atoms with van der Waals surface area (Å²) in [5, 5.41) is 2.71. The number of hydrogen-bond acceptors (Lipinski definition) is 5. The molecule has 86 valence electrons. The number of nitrogens with one attached hydrogen (secondary N) is 1. The second-order valence-electron chi connectivity index (χ2n) is 3.02. The minimum Gasteiger partial charge on any atom is -0.316 e. The van der Waals surface area contributed by atoms with Gasteiger partial charge in [-0.3, -0.25) is 4.55 Å². The zero-order valence-corrected chi connectivity index (χ0v) is 9.57. The average molecular weight is 245 g/mol. The molecule has 0 amide bonds. The minimum atomic E-state index is -3.92. The summed E-state index contributed by atoms with van der Waals surface area (Å²) >= 11 is 0. The molecule has 0 saturated carbocycles. The van der Waals surface area contributed by atoms with Gasteiger partial charge in [0.2, 0.25) is 0 Å². The molecule has 0 spiro atoms. The van der Waals surface area contributed by atoms with Gasteiger partial charge in [0.1, 0.15) is 9.84 Å². The van der Waals surface area contributed by atoms with Gasteiger partial charge < -0.3 is 5.32 Å². The summed E-state index contributed by atoms with van der Waals surface area (Å²) in [7, 11) is -6.87. The number of rotatable bonds is 7. The molecule has 0 fully saturated rings. The fourth-order valence-electron chi connectivity index (χ4n) is 0.786. The predicted molar refractivity (Wildman–Crippen MR) is 53.6 cm³/mol. The molecule has 0 aliphatic carbocycles. The number of hydrogen-bond donors (Lipinski definition) is 2. The van der Waals surface area contributed by atoms with Crippen molar-refractivity contribution in [3.63, 3.8) is 0 Å². The molecule has 0 aromatic rings. The molecule has 0 rings (SSSR count). The molecule has 0 radical (unpaired) electrons. The van der Waals surface area contributed by atoms with Gasteiger partial charge in [-0.2, -0.15) is 8.42 Å². The van der Waals surface area contributed by atoms with Gasteiger partial charge in [-0.15, -0.1) is 0 Å². The van der Waals surface area contributed by atoms with Crippen molar-refractivity contribution in [1.82, 2.24) is 5.32 Å². The third kappa shape index (κ3) is 11.8. The first kappa shape index (κ1) is 13.8. The van der Waals surface area contributed by atoms with E-state index in [0.717, 1.165) is 6.26 Å². The van der Waals surface area contributed by atoms with E-state index in [2.05, 4.69) is 5.32 Å². The standard InChI is InChI=1S/C6H15NO5S2/c1-13(8,9)5-2-3-7-4-6-14(10,11)12/h7H,2-6H2,1H3,(H,10,11,12). The van der Waals surface area contributed by atoms with Gasteiger partial charge in [-0.25, -0.2) is 8.42 Å². The van der Waals surface area contributed by atoms with Crippen molar-refractivity contribution < 1.29 is 21.4 Å². The molecule has 2 N–H and O–H groups in total. The van der Waals surface area contributed by atoms with Gasteiger partial charge in [0.05, 0.1) is 11.5 Å². The van der Waals surface area contributed by atoms with Gasteiger partial charge in [-0.1, -0.05) is 0 Å². The van der Waals surface area contributed by atoms with E-state index in [1.165, 1.54) is 0 Å². The lowest BCUT2D eigenvalue weighted by Gasteiger charge is -2.02. The van der Waals surface area contributed by atoms with Crippen molar-refractivity contribution in [2.75, 3.05) is 30.9 Å². The Hall–Kier alpha value is -0.180. The largest absolute Gasteiger partial charge is 0.316 e. The maximum atomic E-state index is 10.7. The SMILES string of the molecule is CS(=O)(=O)CCCNCCS(=O)(=O)O. The Balaban J connectivity index is 3.41. The maximum Gasteiger partial charge on any atom is 0.266 e. The first-order valence-corrected chi connectivity index (χ1v) is 7.71. The fraction of sp³-hybridized carbons (Fsp3) is 1.00. The summed E-state index contributed by atoms with van der Waals surface area (Å²) in [6.07, 6.45) is 1.58. The lowest BCUT2D eigenvalue weighted by Crippen LogP contribution is -2.24. The lowest BCUT2D eigenvalue weighted by atomic mass is 10.5. The maximum absolute atomic E-state index is 10.7. The first-order chi connectivity index (χ1) is 6.21.